The maximum Gasteiger partial charge on any atom is 0.262 e. The molecule has 6 nitrogen and oxygen atoms in total. The quantitative estimate of drug-likeness (QED) is 0.762. The van der Waals surface area contributed by atoms with Crippen molar-refractivity contribution in [3.63, 3.8) is 0 Å². The van der Waals surface area contributed by atoms with Gasteiger partial charge in [0.15, 0.2) is 0 Å². The summed E-state index contributed by atoms with van der Waals surface area (Å²) in [7, 11) is 0. The molecule has 1 unspecified atom stereocenters. The van der Waals surface area contributed by atoms with E-state index in [0.29, 0.717) is 24.2 Å². The summed E-state index contributed by atoms with van der Waals surface area (Å²) in [5.41, 5.74) is 2.75. The number of fused-ring (bicyclic) bond motifs is 1. The van der Waals surface area contributed by atoms with Crippen molar-refractivity contribution in [2.45, 2.75) is 24.8 Å². The minimum absolute atomic E-state index is 0. The number of pyridine rings is 1. The Morgan fingerprint density at radius 2 is 2.03 bits per heavy atom. The molecule has 4 rings (SSSR count). The Morgan fingerprint density at radius 3 is 2.69 bits per heavy atom. The highest BCUT2D eigenvalue weighted by Gasteiger charge is 2.42. The smallest absolute Gasteiger partial charge is 0.262 e. The summed E-state index contributed by atoms with van der Waals surface area (Å²) in [6, 6.07) is 7.76. The molecule has 156 valence electrons. The van der Waals surface area contributed by atoms with Gasteiger partial charge in [-0.2, -0.15) is 0 Å². The number of nitrogens with one attached hydrogen (secondary N) is 2. The molecule has 1 aromatic heterocycles. The molecular formula is C19H20Cl2F2N4O2. The highest BCUT2D eigenvalue weighted by molar-refractivity contribution is 6.07. The van der Waals surface area contributed by atoms with Gasteiger partial charge < -0.3 is 10.2 Å². The number of anilines is 2. The number of amides is 2. The molecule has 2 aliphatic heterocycles. The average Bonchev–Trinajstić information content (AvgIpc) is 3.24. The van der Waals surface area contributed by atoms with Crippen LogP contribution in [0, 0.1) is 0 Å². The first-order chi connectivity index (χ1) is 12.9. The maximum absolute atomic E-state index is 13.2. The van der Waals surface area contributed by atoms with Crippen LogP contribution in [0.2, 0.25) is 0 Å². The first kappa shape index (κ1) is 23.0. The third-order valence-electron chi connectivity index (χ3n) is 4.82. The summed E-state index contributed by atoms with van der Waals surface area (Å²) in [4.78, 5) is 30.5. The molecule has 0 radical (unpaired) electrons. The Bertz CT molecular complexity index is 899. The molecule has 0 aliphatic carbocycles. The van der Waals surface area contributed by atoms with Crippen molar-refractivity contribution in [1.29, 1.82) is 0 Å². The number of hydrogen-bond donors (Lipinski definition) is 2. The summed E-state index contributed by atoms with van der Waals surface area (Å²) in [5.74, 6) is -3.46. The lowest BCUT2D eigenvalue weighted by atomic mass is 10.1. The Hall–Kier alpha value is -2.29. The number of aromatic nitrogens is 1. The SMILES string of the molecule is Cl.Cl.O=C(Nc1ccc2c(c1)CCN2C(=O)c1cccnc1)C1CC(F)(F)CN1. The molecule has 29 heavy (non-hydrogen) atoms. The van der Waals surface area contributed by atoms with Crippen LogP contribution >= 0.6 is 24.8 Å². The predicted octanol–water partition coefficient (Wildman–Crippen LogP) is 3.06. The summed E-state index contributed by atoms with van der Waals surface area (Å²) < 4.78 is 26.5. The molecule has 0 spiro atoms. The zero-order valence-electron chi connectivity index (χ0n) is 15.2. The van der Waals surface area contributed by atoms with E-state index in [2.05, 4.69) is 15.6 Å². The molecule has 10 heteroatoms. The Kier molecular flexibility index (Phi) is 7.15. The molecule has 2 aromatic rings. The lowest BCUT2D eigenvalue weighted by molar-refractivity contribution is -0.118. The van der Waals surface area contributed by atoms with Crippen molar-refractivity contribution in [2.24, 2.45) is 0 Å². The van der Waals surface area contributed by atoms with Crippen molar-refractivity contribution >= 4 is 48.0 Å². The highest BCUT2D eigenvalue weighted by atomic mass is 35.5. The van der Waals surface area contributed by atoms with Crippen LogP contribution in [0.4, 0.5) is 20.2 Å². The first-order valence-corrected chi connectivity index (χ1v) is 8.70. The van der Waals surface area contributed by atoms with E-state index in [1.54, 1.807) is 41.4 Å². The van der Waals surface area contributed by atoms with Crippen LogP contribution in [-0.2, 0) is 11.2 Å². The summed E-state index contributed by atoms with van der Waals surface area (Å²) >= 11 is 0. The number of nitrogens with zero attached hydrogens (tertiary/aromatic N) is 2. The monoisotopic (exact) mass is 444 g/mol. The van der Waals surface area contributed by atoms with Crippen molar-refractivity contribution in [1.82, 2.24) is 10.3 Å². The van der Waals surface area contributed by atoms with Gasteiger partial charge >= 0.3 is 0 Å². The molecule has 0 saturated carbocycles. The fraction of sp³-hybridized carbons (Fsp3) is 0.316. The number of hydrogen-bond acceptors (Lipinski definition) is 4. The third kappa shape index (κ3) is 4.83. The van der Waals surface area contributed by atoms with Crippen molar-refractivity contribution in [3.8, 4) is 0 Å². The molecule has 1 aromatic carbocycles. The van der Waals surface area contributed by atoms with E-state index in [1.165, 1.54) is 6.20 Å². The largest absolute Gasteiger partial charge is 0.325 e. The van der Waals surface area contributed by atoms with Crippen LogP contribution < -0.4 is 15.5 Å². The van der Waals surface area contributed by atoms with E-state index >= 15 is 0 Å². The predicted molar refractivity (Wildman–Crippen MR) is 111 cm³/mol. The Balaban J connectivity index is 0.00000150. The fourth-order valence-corrected chi connectivity index (χ4v) is 3.47. The van der Waals surface area contributed by atoms with E-state index in [4.69, 9.17) is 0 Å². The molecule has 1 atom stereocenters. The molecule has 1 saturated heterocycles. The molecule has 3 heterocycles. The van der Waals surface area contributed by atoms with Gasteiger partial charge in [0, 0.05) is 36.7 Å². The zero-order valence-corrected chi connectivity index (χ0v) is 16.9. The first-order valence-electron chi connectivity index (χ1n) is 8.70. The van der Waals surface area contributed by atoms with Crippen LogP contribution in [-0.4, -0.2) is 41.9 Å². The highest BCUT2D eigenvalue weighted by Crippen LogP contribution is 2.32. The minimum atomic E-state index is -2.85. The Morgan fingerprint density at radius 1 is 1.24 bits per heavy atom. The van der Waals surface area contributed by atoms with E-state index in [9.17, 15) is 18.4 Å². The van der Waals surface area contributed by atoms with Gasteiger partial charge in [-0.3, -0.25) is 19.9 Å². The van der Waals surface area contributed by atoms with Crippen molar-refractivity contribution in [3.05, 3.63) is 53.9 Å². The summed E-state index contributed by atoms with van der Waals surface area (Å²) in [5, 5.41) is 5.22. The second kappa shape index (κ2) is 9.02. The molecule has 2 aliphatic rings. The lowest BCUT2D eigenvalue weighted by Crippen LogP contribution is -2.35. The molecule has 2 amide bonds. The van der Waals surface area contributed by atoms with E-state index in [0.717, 1.165) is 11.3 Å². The van der Waals surface area contributed by atoms with Crippen molar-refractivity contribution < 1.29 is 18.4 Å². The molecule has 0 bridgehead atoms. The van der Waals surface area contributed by atoms with Gasteiger partial charge in [0.1, 0.15) is 0 Å². The average molecular weight is 445 g/mol. The van der Waals surface area contributed by atoms with Crippen LogP contribution in [0.5, 0.6) is 0 Å². The summed E-state index contributed by atoms with van der Waals surface area (Å²) in [6.07, 6.45) is 3.29. The van der Waals surface area contributed by atoms with Gasteiger partial charge in [0.25, 0.3) is 11.8 Å². The van der Waals surface area contributed by atoms with Crippen LogP contribution in [0.15, 0.2) is 42.7 Å². The lowest BCUT2D eigenvalue weighted by Gasteiger charge is -2.18. The van der Waals surface area contributed by atoms with Gasteiger partial charge in [0.05, 0.1) is 18.2 Å². The second-order valence-corrected chi connectivity index (χ2v) is 6.77. The summed E-state index contributed by atoms with van der Waals surface area (Å²) in [6.45, 7) is 0.0531. The van der Waals surface area contributed by atoms with Crippen LogP contribution in [0.1, 0.15) is 22.3 Å². The molecule has 2 N–H and O–H groups in total. The van der Waals surface area contributed by atoms with Crippen molar-refractivity contribution in [2.75, 3.05) is 23.3 Å². The Labute approximate surface area is 178 Å². The number of rotatable bonds is 3. The van der Waals surface area contributed by atoms with Crippen LogP contribution in [0.25, 0.3) is 0 Å². The van der Waals surface area contributed by atoms with Gasteiger partial charge in [-0.1, -0.05) is 0 Å². The second-order valence-electron chi connectivity index (χ2n) is 6.77. The van der Waals surface area contributed by atoms with Gasteiger partial charge in [-0.15, -0.1) is 24.8 Å². The van der Waals surface area contributed by atoms with Gasteiger partial charge in [0.2, 0.25) is 5.91 Å². The minimum Gasteiger partial charge on any atom is -0.325 e. The van der Waals surface area contributed by atoms with E-state index in [-0.39, 0.29) is 30.7 Å². The van der Waals surface area contributed by atoms with Crippen LogP contribution in [0.3, 0.4) is 0 Å². The van der Waals surface area contributed by atoms with E-state index in [1.807, 2.05) is 0 Å². The topological polar surface area (TPSA) is 74.3 Å². The number of halogens is 4. The zero-order chi connectivity index (χ0) is 19.0. The van der Waals surface area contributed by atoms with Gasteiger partial charge in [-0.25, -0.2) is 8.78 Å². The number of carbonyl (C=O) groups is 2. The molecular weight excluding hydrogens is 425 g/mol. The fourth-order valence-electron chi connectivity index (χ4n) is 3.47. The van der Waals surface area contributed by atoms with E-state index < -0.39 is 30.8 Å². The molecule has 1 fully saturated rings. The maximum atomic E-state index is 13.2. The number of benzene rings is 1. The standard InChI is InChI=1S/C19H18F2N4O2.2ClH/c20-19(21)9-15(23-11-19)17(26)24-14-3-4-16-12(8-14)5-7-25(16)18(27)13-2-1-6-22-10-13;;/h1-4,6,8,10,15,23H,5,7,9,11H2,(H,24,26);2*1H. The van der Waals surface area contributed by atoms with Gasteiger partial charge in [-0.05, 0) is 42.3 Å². The third-order valence-corrected chi connectivity index (χ3v) is 4.82. The number of carbonyl (C=O) groups excluding carboxylic acids is 2. The number of alkyl halides is 2. The normalized spacial score (nSPS) is 19.0.